The van der Waals surface area contributed by atoms with Crippen LogP contribution in [0.4, 0.5) is 0 Å². The molecule has 0 aliphatic heterocycles. The summed E-state index contributed by atoms with van der Waals surface area (Å²) in [4.78, 5) is 0. The van der Waals surface area contributed by atoms with E-state index in [1.165, 1.54) is 11.3 Å². The summed E-state index contributed by atoms with van der Waals surface area (Å²) >= 11 is 6.44. The Morgan fingerprint density at radius 1 is 1.53 bits per heavy atom. The molecule has 0 amide bonds. The smallest absolute Gasteiger partial charge is 0.176 e. The molecular formula is C9H12N4S2. The van der Waals surface area contributed by atoms with Gasteiger partial charge in [0.1, 0.15) is 5.69 Å². The number of nitrogens with one attached hydrogen (secondary N) is 1. The molecule has 1 N–H and O–H groups in total. The molecule has 15 heavy (non-hydrogen) atoms. The van der Waals surface area contributed by atoms with Crippen molar-refractivity contribution < 1.29 is 0 Å². The van der Waals surface area contributed by atoms with Crippen LogP contribution in [0.3, 0.4) is 0 Å². The first-order valence-corrected chi connectivity index (χ1v) is 5.92. The summed E-state index contributed by atoms with van der Waals surface area (Å²) in [6, 6.07) is 2.40. The summed E-state index contributed by atoms with van der Waals surface area (Å²) in [6.45, 7) is 6.26. The van der Waals surface area contributed by atoms with Crippen LogP contribution in [-0.2, 0) is 0 Å². The average molecular weight is 240 g/mol. The van der Waals surface area contributed by atoms with E-state index in [0.29, 0.717) is 10.00 Å². The first kappa shape index (κ1) is 10.5. The van der Waals surface area contributed by atoms with E-state index in [1.54, 1.807) is 0 Å². The molecule has 0 atom stereocenters. The van der Waals surface area contributed by atoms with Crippen molar-refractivity contribution in [2.24, 2.45) is 0 Å². The quantitative estimate of drug-likeness (QED) is 0.821. The number of hydrogen-bond donors (Lipinski definition) is 1. The zero-order valence-electron chi connectivity index (χ0n) is 8.81. The van der Waals surface area contributed by atoms with Crippen LogP contribution in [0.1, 0.15) is 25.6 Å². The number of hydrogen-bond acceptors (Lipinski definition) is 4. The minimum atomic E-state index is 0.366. The minimum Gasteiger partial charge on any atom is -0.267 e. The summed E-state index contributed by atoms with van der Waals surface area (Å²) in [5.74, 6) is 0. The van der Waals surface area contributed by atoms with Crippen LogP contribution in [0, 0.1) is 10.9 Å². The number of H-pyrrole nitrogens is 1. The predicted molar refractivity (Wildman–Crippen MR) is 63.6 cm³/mol. The van der Waals surface area contributed by atoms with E-state index in [0.717, 1.165) is 16.4 Å². The molecule has 4 nitrogen and oxygen atoms in total. The van der Waals surface area contributed by atoms with Gasteiger partial charge in [-0.1, -0.05) is 11.3 Å². The maximum atomic E-state index is 4.99. The third-order valence-corrected chi connectivity index (χ3v) is 3.18. The number of aromatic nitrogens is 4. The lowest BCUT2D eigenvalue weighted by molar-refractivity contribution is 0.520. The van der Waals surface area contributed by atoms with Crippen molar-refractivity contribution >= 4 is 23.6 Å². The standard InChI is InChI=1S/C9H12N4S2/c1-5(2)13-6(3)4-7(12-13)8-10-11-9(14)15-8/h4-5H,1-3H3,(H,11,14). The lowest BCUT2D eigenvalue weighted by Crippen LogP contribution is -2.04. The largest absolute Gasteiger partial charge is 0.267 e. The Hall–Kier alpha value is -1.01. The molecule has 6 heteroatoms. The zero-order valence-corrected chi connectivity index (χ0v) is 10.4. The SMILES string of the molecule is Cc1cc(-c2n[nH]c(=S)s2)nn1C(C)C. The maximum absolute atomic E-state index is 4.99. The second kappa shape index (κ2) is 3.86. The van der Waals surface area contributed by atoms with Crippen molar-refractivity contribution in [3.63, 3.8) is 0 Å². The van der Waals surface area contributed by atoms with Crippen molar-refractivity contribution in [2.75, 3.05) is 0 Å². The average Bonchev–Trinajstić information content (AvgIpc) is 2.71. The zero-order chi connectivity index (χ0) is 11.0. The van der Waals surface area contributed by atoms with Gasteiger partial charge in [-0.3, -0.25) is 9.78 Å². The van der Waals surface area contributed by atoms with Gasteiger partial charge < -0.3 is 0 Å². The monoisotopic (exact) mass is 240 g/mol. The van der Waals surface area contributed by atoms with Gasteiger partial charge in [0.05, 0.1) is 0 Å². The van der Waals surface area contributed by atoms with Crippen LogP contribution >= 0.6 is 23.6 Å². The Kier molecular flexibility index (Phi) is 2.70. The number of aromatic amines is 1. The summed E-state index contributed by atoms with van der Waals surface area (Å²) in [5.41, 5.74) is 2.03. The highest BCUT2D eigenvalue weighted by molar-refractivity contribution is 7.73. The molecule has 80 valence electrons. The Balaban J connectivity index is 2.46. The van der Waals surface area contributed by atoms with Crippen molar-refractivity contribution in [1.29, 1.82) is 0 Å². The molecule has 0 bridgehead atoms. The van der Waals surface area contributed by atoms with Crippen LogP contribution in [0.15, 0.2) is 6.07 Å². The highest BCUT2D eigenvalue weighted by Gasteiger charge is 2.10. The molecule has 0 radical (unpaired) electrons. The summed E-state index contributed by atoms with van der Waals surface area (Å²) in [7, 11) is 0. The van der Waals surface area contributed by atoms with E-state index in [2.05, 4.69) is 29.1 Å². The molecule has 0 saturated carbocycles. The number of aryl methyl sites for hydroxylation is 1. The molecule has 0 unspecified atom stereocenters. The Labute approximate surface area is 97.0 Å². The highest BCUT2D eigenvalue weighted by atomic mass is 32.1. The van der Waals surface area contributed by atoms with Crippen molar-refractivity contribution in [3.05, 3.63) is 15.7 Å². The van der Waals surface area contributed by atoms with E-state index in [9.17, 15) is 0 Å². The third-order valence-electron chi connectivity index (χ3n) is 2.07. The molecule has 2 rings (SSSR count). The van der Waals surface area contributed by atoms with E-state index >= 15 is 0 Å². The van der Waals surface area contributed by atoms with Crippen LogP contribution in [-0.4, -0.2) is 20.0 Å². The van der Waals surface area contributed by atoms with Gasteiger partial charge in [-0.05, 0) is 39.1 Å². The Morgan fingerprint density at radius 2 is 2.27 bits per heavy atom. The second-order valence-corrected chi connectivity index (χ2v) is 5.29. The molecule has 0 aliphatic carbocycles. The van der Waals surface area contributed by atoms with Gasteiger partial charge in [0.15, 0.2) is 8.96 Å². The Morgan fingerprint density at radius 3 is 2.73 bits per heavy atom. The lowest BCUT2D eigenvalue weighted by Gasteiger charge is -2.06. The van der Waals surface area contributed by atoms with Gasteiger partial charge in [0, 0.05) is 11.7 Å². The first-order valence-electron chi connectivity index (χ1n) is 4.70. The van der Waals surface area contributed by atoms with E-state index in [4.69, 9.17) is 12.2 Å². The van der Waals surface area contributed by atoms with Crippen molar-refractivity contribution in [2.45, 2.75) is 26.8 Å². The third kappa shape index (κ3) is 2.00. The normalized spacial score (nSPS) is 11.2. The van der Waals surface area contributed by atoms with Gasteiger partial charge in [0.2, 0.25) is 0 Å². The highest BCUT2D eigenvalue weighted by Crippen LogP contribution is 2.22. The van der Waals surface area contributed by atoms with E-state index in [1.807, 2.05) is 17.7 Å². The maximum Gasteiger partial charge on any atom is 0.176 e. The number of rotatable bonds is 2. The van der Waals surface area contributed by atoms with Crippen LogP contribution < -0.4 is 0 Å². The molecule has 2 aromatic heterocycles. The van der Waals surface area contributed by atoms with Gasteiger partial charge in [-0.2, -0.15) is 10.2 Å². The number of nitrogens with zero attached hydrogens (tertiary/aromatic N) is 3. The molecule has 0 spiro atoms. The van der Waals surface area contributed by atoms with E-state index in [-0.39, 0.29) is 0 Å². The summed E-state index contributed by atoms with van der Waals surface area (Å²) < 4.78 is 2.67. The fourth-order valence-electron chi connectivity index (χ4n) is 1.45. The van der Waals surface area contributed by atoms with Crippen LogP contribution in [0.2, 0.25) is 0 Å². The van der Waals surface area contributed by atoms with Gasteiger partial charge in [-0.25, -0.2) is 0 Å². The lowest BCUT2D eigenvalue weighted by atomic mass is 10.3. The molecule has 0 saturated heterocycles. The van der Waals surface area contributed by atoms with Crippen LogP contribution in [0.5, 0.6) is 0 Å². The predicted octanol–water partition coefficient (Wildman–Crippen LogP) is 2.95. The van der Waals surface area contributed by atoms with E-state index < -0.39 is 0 Å². The minimum absolute atomic E-state index is 0.366. The molecule has 0 aliphatic rings. The molecular weight excluding hydrogens is 228 g/mol. The van der Waals surface area contributed by atoms with Gasteiger partial charge in [-0.15, -0.1) is 0 Å². The second-order valence-electron chi connectivity index (χ2n) is 3.63. The molecule has 2 heterocycles. The van der Waals surface area contributed by atoms with Crippen molar-refractivity contribution in [3.8, 4) is 10.7 Å². The van der Waals surface area contributed by atoms with Gasteiger partial charge in [0.25, 0.3) is 0 Å². The molecule has 0 aromatic carbocycles. The fraction of sp³-hybridized carbons (Fsp3) is 0.444. The van der Waals surface area contributed by atoms with Crippen molar-refractivity contribution in [1.82, 2.24) is 20.0 Å². The molecule has 2 aromatic rings. The van der Waals surface area contributed by atoms with Gasteiger partial charge >= 0.3 is 0 Å². The molecule has 0 fully saturated rings. The van der Waals surface area contributed by atoms with Crippen LogP contribution in [0.25, 0.3) is 10.7 Å². The fourth-order valence-corrected chi connectivity index (χ4v) is 2.30. The summed E-state index contributed by atoms with van der Waals surface area (Å²) in [5, 5.41) is 12.2. The Bertz CT molecular complexity index is 520. The first-order chi connectivity index (χ1) is 7.08. The summed E-state index contributed by atoms with van der Waals surface area (Å²) in [6.07, 6.45) is 0. The topological polar surface area (TPSA) is 46.5 Å².